The van der Waals surface area contributed by atoms with Gasteiger partial charge in [0.1, 0.15) is 12.5 Å². The van der Waals surface area contributed by atoms with Gasteiger partial charge in [-0.3, -0.25) is 4.55 Å². The van der Waals surface area contributed by atoms with Crippen LogP contribution in [0.5, 0.6) is 5.75 Å². The van der Waals surface area contributed by atoms with Crippen molar-refractivity contribution in [1.82, 2.24) is 0 Å². The molecule has 0 aliphatic rings. The lowest BCUT2D eigenvalue weighted by Gasteiger charge is -1.92. The molecule has 0 aliphatic heterocycles. The van der Waals surface area contributed by atoms with Crippen molar-refractivity contribution in [2.45, 2.75) is 4.90 Å². The number of para-hydroxylation sites is 1. The van der Waals surface area contributed by atoms with Crippen molar-refractivity contribution in [3.05, 3.63) is 60.7 Å². The summed E-state index contributed by atoms with van der Waals surface area (Å²) < 4.78 is 29.2. The van der Waals surface area contributed by atoms with E-state index >= 15 is 0 Å². The average molecular weight is 342 g/mol. The van der Waals surface area contributed by atoms with Gasteiger partial charge in [-0.1, -0.05) is 36.4 Å². The number of hydrogen-bond donors (Lipinski definition) is 4. The van der Waals surface area contributed by atoms with E-state index in [0.29, 0.717) is 5.75 Å². The molecule has 0 aromatic heterocycles. The van der Waals surface area contributed by atoms with Gasteiger partial charge in [0.2, 0.25) is 0 Å². The van der Waals surface area contributed by atoms with Gasteiger partial charge in [-0.05, 0) is 24.3 Å². The molecule has 126 valence electrons. The van der Waals surface area contributed by atoms with Crippen molar-refractivity contribution < 1.29 is 27.7 Å². The minimum absolute atomic E-state index is 0.0741. The van der Waals surface area contributed by atoms with E-state index in [1.54, 1.807) is 42.5 Å². The summed E-state index contributed by atoms with van der Waals surface area (Å²) in [6.07, 6.45) is 0. The molecule has 0 bridgehead atoms. The third-order valence-corrected chi connectivity index (χ3v) is 2.67. The van der Waals surface area contributed by atoms with Crippen molar-refractivity contribution in [3.8, 4) is 5.75 Å². The molecule has 0 aliphatic carbocycles. The number of phenols is 1. The number of urea groups is 1. The Bertz CT molecular complexity index is 643. The molecule has 0 saturated carbocycles. The van der Waals surface area contributed by atoms with Crippen LogP contribution in [0.3, 0.4) is 0 Å². The molecule has 0 radical (unpaired) electrons. The maximum absolute atomic E-state index is 10.4. The lowest BCUT2D eigenvalue weighted by atomic mass is 10.3. The number of benzene rings is 2. The Kier molecular flexibility index (Phi) is 12.5. The highest BCUT2D eigenvalue weighted by atomic mass is 32.2. The van der Waals surface area contributed by atoms with Crippen LogP contribution in [-0.4, -0.2) is 30.9 Å². The highest BCUT2D eigenvalue weighted by molar-refractivity contribution is 7.85. The zero-order valence-electron chi connectivity index (χ0n) is 12.1. The largest absolute Gasteiger partial charge is 0.508 e. The zero-order valence-corrected chi connectivity index (χ0v) is 12.9. The number of amides is 2. The van der Waals surface area contributed by atoms with Crippen LogP contribution in [0.1, 0.15) is 0 Å². The monoisotopic (exact) mass is 342 g/mol. The number of carbonyl (C=O) groups excluding carboxylic acids is 2. The minimum Gasteiger partial charge on any atom is -0.508 e. The van der Waals surface area contributed by atoms with Gasteiger partial charge in [0.25, 0.3) is 10.1 Å². The van der Waals surface area contributed by atoms with Crippen LogP contribution in [0.15, 0.2) is 65.6 Å². The van der Waals surface area contributed by atoms with E-state index in [2.05, 4.69) is 11.5 Å². The van der Waals surface area contributed by atoms with E-state index in [1.165, 1.54) is 12.1 Å². The lowest BCUT2D eigenvalue weighted by molar-refractivity contribution is -0.0980. The second-order valence-electron chi connectivity index (χ2n) is 3.53. The summed E-state index contributed by atoms with van der Waals surface area (Å²) in [6.45, 7) is 2.00. The van der Waals surface area contributed by atoms with Gasteiger partial charge < -0.3 is 21.4 Å². The maximum Gasteiger partial charge on any atom is 0.309 e. The molecule has 9 heteroatoms. The number of carbonyl (C=O) groups is 2. The fraction of sp³-hybridized carbons (Fsp3) is 0. The minimum atomic E-state index is -4.00. The molecule has 2 rings (SSSR count). The predicted molar refractivity (Wildman–Crippen MR) is 85.3 cm³/mol. The molecule has 0 spiro atoms. The number of phenolic OH excluding ortho intramolecular Hbond substituents is 1. The molecular formula is C14H18N2O6S. The fourth-order valence-corrected chi connectivity index (χ4v) is 1.52. The van der Waals surface area contributed by atoms with Crippen LogP contribution >= 0.6 is 0 Å². The Morgan fingerprint density at radius 2 is 1.17 bits per heavy atom. The molecule has 0 atom stereocenters. The van der Waals surface area contributed by atoms with E-state index in [0.717, 1.165) is 0 Å². The quantitative estimate of drug-likeness (QED) is 0.569. The Morgan fingerprint density at radius 1 is 0.870 bits per heavy atom. The van der Waals surface area contributed by atoms with Crippen molar-refractivity contribution >= 4 is 22.9 Å². The molecule has 0 unspecified atom stereocenters. The second-order valence-corrected chi connectivity index (χ2v) is 4.95. The first kappa shape index (κ1) is 22.4. The van der Waals surface area contributed by atoms with E-state index in [-0.39, 0.29) is 4.90 Å². The maximum atomic E-state index is 10.4. The smallest absolute Gasteiger partial charge is 0.309 e. The SMILES string of the molecule is C=O.NC(N)=O.O=S(=O)(O)c1ccccc1.Oc1ccccc1. The topological polar surface area (TPSA) is 161 Å². The van der Waals surface area contributed by atoms with Gasteiger partial charge in [0.15, 0.2) is 0 Å². The summed E-state index contributed by atoms with van der Waals surface area (Å²) in [6, 6.07) is 15.3. The van der Waals surface area contributed by atoms with Crippen molar-refractivity contribution in [3.63, 3.8) is 0 Å². The van der Waals surface area contributed by atoms with Gasteiger partial charge in [-0.2, -0.15) is 8.42 Å². The highest BCUT2D eigenvalue weighted by Crippen LogP contribution is 2.05. The molecule has 8 nitrogen and oxygen atoms in total. The summed E-state index contributed by atoms with van der Waals surface area (Å²) >= 11 is 0. The Balaban J connectivity index is 0. The average Bonchev–Trinajstić information content (AvgIpc) is 2.50. The van der Waals surface area contributed by atoms with Crippen LogP contribution in [0.2, 0.25) is 0 Å². The standard InChI is InChI=1S/C6H6O3S.C6H6O.CH4N2O.CH2O/c7-10(8,9)6-4-2-1-3-5-6;7-6-4-2-1-3-5-6;2-1(3)4;1-2/h1-5H,(H,7,8,9);1-5,7H;(H4,2,3,4);1H2. The lowest BCUT2D eigenvalue weighted by Crippen LogP contribution is -2.18. The van der Waals surface area contributed by atoms with Gasteiger partial charge >= 0.3 is 6.03 Å². The van der Waals surface area contributed by atoms with Crippen LogP contribution in [0.25, 0.3) is 0 Å². The van der Waals surface area contributed by atoms with Crippen LogP contribution in [-0.2, 0) is 14.9 Å². The Labute approximate surface area is 134 Å². The number of aromatic hydroxyl groups is 1. The summed E-state index contributed by atoms with van der Waals surface area (Å²) in [7, 11) is -4.00. The molecule has 6 N–H and O–H groups in total. The molecule has 0 fully saturated rings. The summed E-state index contributed by atoms with van der Waals surface area (Å²) in [4.78, 5) is 16.9. The summed E-state index contributed by atoms with van der Waals surface area (Å²) in [5.74, 6) is 0.322. The van der Waals surface area contributed by atoms with Gasteiger partial charge in [0, 0.05) is 0 Å². The fourth-order valence-electron chi connectivity index (χ4n) is 1.02. The second kappa shape index (κ2) is 12.8. The van der Waals surface area contributed by atoms with Crippen LogP contribution < -0.4 is 11.5 Å². The third-order valence-electron chi connectivity index (χ3n) is 1.80. The van der Waals surface area contributed by atoms with Crippen molar-refractivity contribution in [2.75, 3.05) is 0 Å². The van der Waals surface area contributed by atoms with Crippen molar-refractivity contribution in [1.29, 1.82) is 0 Å². The third kappa shape index (κ3) is 15.3. The van der Waals surface area contributed by atoms with E-state index in [1.807, 2.05) is 12.9 Å². The van der Waals surface area contributed by atoms with Gasteiger partial charge in [0.05, 0.1) is 4.90 Å². The first-order valence-electron chi connectivity index (χ1n) is 5.84. The summed E-state index contributed by atoms with van der Waals surface area (Å²) in [5.41, 5.74) is 8.50. The molecule has 2 aromatic rings. The Morgan fingerprint density at radius 3 is 1.35 bits per heavy atom. The number of nitrogens with two attached hydrogens (primary N) is 2. The zero-order chi connectivity index (χ0) is 18.3. The van der Waals surface area contributed by atoms with E-state index < -0.39 is 16.1 Å². The molecule has 0 saturated heterocycles. The van der Waals surface area contributed by atoms with Crippen LogP contribution in [0.4, 0.5) is 4.79 Å². The van der Waals surface area contributed by atoms with Gasteiger partial charge in [-0.15, -0.1) is 0 Å². The molecular weight excluding hydrogens is 324 g/mol. The number of primary amides is 2. The van der Waals surface area contributed by atoms with E-state index in [9.17, 15) is 8.42 Å². The number of rotatable bonds is 1. The first-order valence-corrected chi connectivity index (χ1v) is 7.28. The number of hydrogen-bond acceptors (Lipinski definition) is 5. The molecule has 23 heavy (non-hydrogen) atoms. The summed E-state index contributed by atoms with van der Waals surface area (Å²) in [5, 5.41) is 8.63. The van der Waals surface area contributed by atoms with Crippen LogP contribution in [0, 0.1) is 0 Å². The normalized spacial score (nSPS) is 8.74. The molecule has 0 heterocycles. The van der Waals surface area contributed by atoms with Gasteiger partial charge in [-0.25, -0.2) is 4.79 Å². The molecule has 2 amide bonds. The predicted octanol–water partition coefficient (Wildman–Crippen LogP) is 1.16. The van der Waals surface area contributed by atoms with E-state index in [4.69, 9.17) is 19.2 Å². The van der Waals surface area contributed by atoms with Crippen molar-refractivity contribution in [2.24, 2.45) is 11.5 Å². The highest BCUT2D eigenvalue weighted by Gasteiger charge is 2.05. The first-order chi connectivity index (χ1) is 10.7. The Hall–Kier alpha value is -2.91. The molecule has 2 aromatic carbocycles.